The Bertz CT molecular complexity index is 379. The van der Waals surface area contributed by atoms with Crippen LogP contribution in [0.2, 0.25) is 0 Å². The number of carbonyl (C=O) groups excluding carboxylic acids is 1. The molecule has 1 aromatic rings. The number of Topliss-reactive ketones (excluding diaryl/α,β-unsaturated/α-hetero) is 1. The SMILES string of the molecule is CC(O)CN(C)CCC(=O)c1cccc(Br)c1. The van der Waals surface area contributed by atoms with Crippen molar-refractivity contribution in [3.8, 4) is 0 Å². The van der Waals surface area contributed by atoms with Gasteiger partial charge in [-0.1, -0.05) is 28.1 Å². The molecule has 3 nitrogen and oxygen atoms in total. The lowest BCUT2D eigenvalue weighted by molar-refractivity contribution is 0.0948. The van der Waals surface area contributed by atoms with E-state index in [4.69, 9.17) is 0 Å². The number of aliphatic hydroxyl groups is 1. The molecule has 0 aliphatic rings. The third kappa shape index (κ3) is 5.44. The second kappa shape index (κ2) is 6.89. The van der Waals surface area contributed by atoms with Gasteiger partial charge in [0.15, 0.2) is 5.78 Å². The summed E-state index contributed by atoms with van der Waals surface area (Å²) >= 11 is 3.35. The molecular formula is C13H18BrNO2. The highest BCUT2D eigenvalue weighted by atomic mass is 79.9. The van der Waals surface area contributed by atoms with Crippen molar-refractivity contribution in [1.82, 2.24) is 4.90 Å². The molecule has 17 heavy (non-hydrogen) atoms. The molecule has 0 aromatic heterocycles. The van der Waals surface area contributed by atoms with Crippen LogP contribution < -0.4 is 0 Å². The Labute approximate surface area is 111 Å². The standard InChI is InChI=1S/C13H18BrNO2/c1-10(16)9-15(2)7-6-13(17)11-4-3-5-12(14)8-11/h3-5,8,10,16H,6-7,9H2,1-2H3. The smallest absolute Gasteiger partial charge is 0.164 e. The molecule has 0 bridgehead atoms. The van der Waals surface area contributed by atoms with Gasteiger partial charge in [-0.15, -0.1) is 0 Å². The molecule has 1 aromatic carbocycles. The number of nitrogens with zero attached hydrogens (tertiary/aromatic N) is 1. The Kier molecular flexibility index (Phi) is 5.82. The maximum Gasteiger partial charge on any atom is 0.164 e. The normalized spacial score (nSPS) is 12.8. The van der Waals surface area contributed by atoms with Crippen LogP contribution in [0.4, 0.5) is 0 Å². The molecule has 0 amide bonds. The largest absolute Gasteiger partial charge is 0.392 e. The summed E-state index contributed by atoms with van der Waals surface area (Å²) in [6.45, 7) is 2.99. The van der Waals surface area contributed by atoms with Gasteiger partial charge in [0, 0.05) is 29.5 Å². The molecule has 94 valence electrons. The molecule has 0 fully saturated rings. The molecule has 0 heterocycles. The van der Waals surface area contributed by atoms with Gasteiger partial charge in [0.2, 0.25) is 0 Å². The number of hydrogen-bond donors (Lipinski definition) is 1. The van der Waals surface area contributed by atoms with E-state index in [-0.39, 0.29) is 11.9 Å². The minimum Gasteiger partial charge on any atom is -0.392 e. The highest BCUT2D eigenvalue weighted by Gasteiger charge is 2.09. The maximum atomic E-state index is 11.9. The van der Waals surface area contributed by atoms with Crippen LogP contribution in [-0.2, 0) is 0 Å². The molecule has 0 aliphatic heterocycles. The van der Waals surface area contributed by atoms with Crippen molar-refractivity contribution in [3.63, 3.8) is 0 Å². The molecule has 1 atom stereocenters. The van der Waals surface area contributed by atoms with Crippen molar-refractivity contribution in [2.75, 3.05) is 20.1 Å². The maximum absolute atomic E-state index is 11.9. The highest BCUT2D eigenvalue weighted by molar-refractivity contribution is 9.10. The first-order valence-electron chi connectivity index (χ1n) is 5.64. The topological polar surface area (TPSA) is 40.5 Å². The van der Waals surface area contributed by atoms with Crippen LogP contribution in [0.1, 0.15) is 23.7 Å². The molecule has 0 saturated carbocycles. The summed E-state index contributed by atoms with van der Waals surface area (Å²) in [5.74, 6) is 0.128. The van der Waals surface area contributed by atoms with E-state index in [0.717, 1.165) is 10.0 Å². The van der Waals surface area contributed by atoms with Crippen molar-refractivity contribution < 1.29 is 9.90 Å². The number of carbonyl (C=O) groups is 1. The average molecular weight is 300 g/mol. The molecule has 1 rings (SSSR count). The van der Waals surface area contributed by atoms with E-state index in [1.165, 1.54) is 0 Å². The van der Waals surface area contributed by atoms with Crippen LogP contribution in [0.5, 0.6) is 0 Å². The molecule has 0 radical (unpaired) electrons. The van der Waals surface area contributed by atoms with Gasteiger partial charge in [0.05, 0.1) is 6.10 Å². The van der Waals surface area contributed by atoms with E-state index in [1.54, 1.807) is 6.92 Å². The highest BCUT2D eigenvalue weighted by Crippen LogP contribution is 2.13. The van der Waals surface area contributed by atoms with Crippen molar-refractivity contribution in [2.45, 2.75) is 19.4 Å². The van der Waals surface area contributed by atoms with Gasteiger partial charge in [-0.3, -0.25) is 4.79 Å². The predicted octanol–water partition coefficient (Wildman–Crippen LogP) is 2.33. The van der Waals surface area contributed by atoms with E-state index < -0.39 is 0 Å². The first-order chi connectivity index (χ1) is 7.99. The quantitative estimate of drug-likeness (QED) is 0.820. The van der Waals surface area contributed by atoms with Crippen molar-refractivity contribution in [2.24, 2.45) is 0 Å². The fourth-order valence-electron chi connectivity index (χ4n) is 1.64. The second-order valence-electron chi connectivity index (χ2n) is 4.29. The number of halogens is 1. The summed E-state index contributed by atoms with van der Waals surface area (Å²) in [7, 11) is 1.90. The van der Waals surface area contributed by atoms with Gasteiger partial charge in [0.1, 0.15) is 0 Å². The minimum atomic E-state index is -0.360. The second-order valence-corrected chi connectivity index (χ2v) is 5.21. The van der Waals surface area contributed by atoms with E-state index in [2.05, 4.69) is 15.9 Å². The van der Waals surface area contributed by atoms with Crippen LogP contribution in [0.3, 0.4) is 0 Å². The van der Waals surface area contributed by atoms with Crippen LogP contribution in [-0.4, -0.2) is 42.0 Å². The molecule has 0 saturated heterocycles. The van der Waals surface area contributed by atoms with Gasteiger partial charge in [-0.05, 0) is 26.1 Å². The number of aliphatic hydroxyl groups excluding tert-OH is 1. The Morgan fingerprint density at radius 2 is 2.24 bits per heavy atom. The Morgan fingerprint density at radius 3 is 2.82 bits per heavy atom. The van der Waals surface area contributed by atoms with E-state index >= 15 is 0 Å². The fourth-order valence-corrected chi connectivity index (χ4v) is 2.04. The summed E-state index contributed by atoms with van der Waals surface area (Å²) in [5, 5.41) is 9.21. The van der Waals surface area contributed by atoms with Gasteiger partial charge in [-0.25, -0.2) is 0 Å². The lowest BCUT2D eigenvalue weighted by Crippen LogP contribution is -2.29. The first kappa shape index (κ1) is 14.4. The monoisotopic (exact) mass is 299 g/mol. The van der Waals surface area contributed by atoms with Gasteiger partial charge < -0.3 is 10.0 Å². The zero-order chi connectivity index (χ0) is 12.8. The van der Waals surface area contributed by atoms with Gasteiger partial charge in [-0.2, -0.15) is 0 Å². The molecule has 0 aliphatic carbocycles. The Balaban J connectivity index is 2.45. The Morgan fingerprint density at radius 1 is 1.53 bits per heavy atom. The third-order valence-electron chi connectivity index (χ3n) is 2.44. The first-order valence-corrected chi connectivity index (χ1v) is 6.43. The zero-order valence-electron chi connectivity index (χ0n) is 10.2. The van der Waals surface area contributed by atoms with Crippen LogP contribution in [0, 0.1) is 0 Å². The van der Waals surface area contributed by atoms with Crippen molar-refractivity contribution in [1.29, 1.82) is 0 Å². The van der Waals surface area contributed by atoms with E-state index in [0.29, 0.717) is 19.5 Å². The predicted molar refractivity (Wildman–Crippen MR) is 72.3 cm³/mol. The number of hydrogen-bond acceptors (Lipinski definition) is 3. The van der Waals surface area contributed by atoms with E-state index in [1.807, 2.05) is 36.2 Å². The Hall–Kier alpha value is -0.710. The summed E-state index contributed by atoms with van der Waals surface area (Å²) in [4.78, 5) is 13.8. The molecular weight excluding hydrogens is 282 g/mol. The van der Waals surface area contributed by atoms with Crippen LogP contribution in [0.25, 0.3) is 0 Å². The minimum absolute atomic E-state index is 0.128. The number of benzene rings is 1. The summed E-state index contributed by atoms with van der Waals surface area (Å²) in [6.07, 6.45) is 0.112. The fraction of sp³-hybridized carbons (Fsp3) is 0.462. The summed E-state index contributed by atoms with van der Waals surface area (Å²) in [5.41, 5.74) is 0.727. The molecule has 1 unspecified atom stereocenters. The number of rotatable bonds is 6. The average Bonchev–Trinajstić information content (AvgIpc) is 2.25. The zero-order valence-corrected chi connectivity index (χ0v) is 11.8. The lowest BCUT2D eigenvalue weighted by atomic mass is 10.1. The molecule has 0 spiro atoms. The van der Waals surface area contributed by atoms with Crippen molar-refractivity contribution >= 4 is 21.7 Å². The van der Waals surface area contributed by atoms with Crippen molar-refractivity contribution in [3.05, 3.63) is 34.3 Å². The molecule has 4 heteroatoms. The molecule has 1 N–H and O–H groups in total. The third-order valence-corrected chi connectivity index (χ3v) is 2.94. The van der Waals surface area contributed by atoms with Gasteiger partial charge in [0.25, 0.3) is 0 Å². The number of likely N-dealkylation sites (N-methyl/N-ethyl adjacent to an activating group) is 1. The van der Waals surface area contributed by atoms with E-state index in [9.17, 15) is 9.90 Å². The summed E-state index contributed by atoms with van der Waals surface area (Å²) in [6, 6.07) is 7.41. The van der Waals surface area contributed by atoms with Crippen LogP contribution in [0.15, 0.2) is 28.7 Å². The van der Waals surface area contributed by atoms with Crippen LogP contribution >= 0.6 is 15.9 Å². The lowest BCUT2D eigenvalue weighted by Gasteiger charge is -2.17. The number of ketones is 1. The van der Waals surface area contributed by atoms with Gasteiger partial charge >= 0.3 is 0 Å². The summed E-state index contributed by atoms with van der Waals surface area (Å²) < 4.78 is 0.917.